The Balaban J connectivity index is -0.000000292. The van der Waals surface area contributed by atoms with E-state index in [9.17, 15) is 24.0 Å². The standard InChI is InChI=1S/C14H34O5Si4.C11H22O5Si.C9H18O3Si.C8H16GeO2.C8H16O5Si/c1-13(2)14(15)16-12-23(17-20(3,4)5,18-21(6,7)8)19-22(9,10)11;1-6-14-17(15-7-2,16-8-3)9-13-11(12)10(4)5;1-6-12-13(4,5)7-11-9(10)8(2)3;1-7(2)8(10)11-6-9(3,4)5;1-7(2)8(9)13-6-14(10-3,11-4)12-5/h1,12H2,2-11H3;4,6-9H2,1-3,5H3;2,6-7H2,1,3-5H3;1,6H2,2-5H3;1,6H2,2-5H3. The topological polar surface area (TPSA) is 224 Å². The van der Waals surface area contributed by atoms with Gasteiger partial charge in [-0.1, -0.05) is 26.3 Å². The van der Waals surface area contributed by atoms with Gasteiger partial charge in [0.1, 0.15) is 6.23 Å². The van der Waals surface area contributed by atoms with Crippen LogP contribution >= 0.6 is 0 Å². The van der Waals surface area contributed by atoms with Crippen LogP contribution in [0.1, 0.15) is 62.3 Å². The number of ether oxygens (including phenoxy) is 5. The Morgan fingerprint density at radius 2 is 0.590 bits per heavy atom. The van der Waals surface area contributed by atoms with E-state index in [4.69, 9.17) is 67.0 Å². The van der Waals surface area contributed by atoms with E-state index < -0.39 is 90.9 Å². The van der Waals surface area contributed by atoms with Crippen molar-refractivity contribution in [2.75, 3.05) is 78.1 Å². The minimum atomic E-state index is -3.11. The van der Waals surface area contributed by atoms with Crippen molar-refractivity contribution in [1.29, 1.82) is 0 Å². The van der Waals surface area contributed by atoms with Crippen molar-refractivity contribution < 1.29 is 91.0 Å². The zero-order chi connectivity index (χ0) is 62.7. The van der Waals surface area contributed by atoms with Gasteiger partial charge in [0.2, 0.25) is 8.32 Å². The first-order valence-corrected chi connectivity index (χ1v) is 52.5. The number of hydrogen-bond acceptors (Lipinski definition) is 20. The number of esters is 5. The normalized spacial score (nSPS) is 11.9. The van der Waals surface area contributed by atoms with Gasteiger partial charge in [-0.25, -0.2) is 19.2 Å². The molecule has 0 aromatic rings. The van der Waals surface area contributed by atoms with Crippen LogP contribution in [-0.2, 0) is 91.0 Å². The second kappa shape index (κ2) is 40.8. The van der Waals surface area contributed by atoms with Crippen LogP contribution in [0.25, 0.3) is 0 Å². The van der Waals surface area contributed by atoms with Crippen LogP contribution in [0, 0.1) is 0 Å². The summed E-state index contributed by atoms with van der Waals surface area (Å²) in [7, 11) is -12.1. The summed E-state index contributed by atoms with van der Waals surface area (Å²) >= 11 is -1.70. The molecule has 0 aromatic heterocycles. The van der Waals surface area contributed by atoms with E-state index in [1.165, 1.54) is 21.3 Å². The first-order chi connectivity index (χ1) is 35.2. The van der Waals surface area contributed by atoms with Gasteiger partial charge < -0.3 is 62.3 Å². The SMILES string of the molecule is C=C(C)C(=O)OC[Si](C)(C)OCC.C=C(C)C(=O)OC[Si](OC)(OC)OC.C=C(C)C(=O)OC[Si](OCC)(OCC)OCC.C=C(C)C(=O)OC[Si](O[Si](C)(C)C)(O[Si](C)(C)C)O[Si](C)(C)C.C=C(C)C(=O)O[CH2][Ge]([CH3])([CH3])[CH3]. The molecule has 0 bridgehead atoms. The van der Waals surface area contributed by atoms with Crippen molar-refractivity contribution >= 4 is 103 Å². The third-order valence-electron chi connectivity index (χ3n) is 8.02. The molecule has 0 rings (SSSR count). The molecule has 0 amide bonds. The molecule has 20 nitrogen and oxygen atoms in total. The van der Waals surface area contributed by atoms with Gasteiger partial charge in [-0.15, -0.1) is 0 Å². The van der Waals surface area contributed by atoms with Crippen molar-refractivity contribution in [3.05, 3.63) is 60.8 Å². The van der Waals surface area contributed by atoms with Crippen molar-refractivity contribution in [2.45, 2.75) is 152 Å². The quantitative estimate of drug-likeness (QED) is 0.0264. The molecule has 0 aliphatic carbocycles. The molecule has 28 heteroatoms. The number of carbonyl (C=O) groups is 5. The second-order valence-electron chi connectivity index (χ2n) is 22.1. The van der Waals surface area contributed by atoms with Crippen LogP contribution < -0.4 is 0 Å². The first kappa shape index (κ1) is 84.5. The number of hydrogen-bond donors (Lipinski definition) is 0. The van der Waals surface area contributed by atoms with Crippen LogP contribution in [0.2, 0.25) is 89.3 Å². The maximum atomic E-state index is 11.9. The minimum absolute atomic E-state index is 0.0117. The Kier molecular flexibility index (Phi) is 44.2. The maximum absolute atomic E-state index is 11.9. The molecule has 0 unspecified atom stereocenters. The Morgan fingerprint density at radius 1 is 0.359 bits per heavy atom. The molecular weight excluding hydrogens is 1190 g/mol. The second-order valence-corrected chi connectivity index (χ2v) is 59.8. The molecule has 458 valence electrons. The average Bonchev–Trinajstić information content (AvgIpc) is 3.27. The summed E-state index contributed by atoms with van der Waals surface area (Å²) in [5.41, 5.74) is 2.58. The van der Waals surface area contributed by atoms with Gasteiger partial charge in [0.05, 0.1) is 0 Å². The van der Waals surface area contributed by atoms with E-state index in [0.29, 0.717) is 66.0 Å². The third kappa shape index (κ3) is 47.4. The van der Waals surface area contributed by atoms with Gasteiger partial charge in [-0.05, 0) is 127 Å². The Labute approximate surface area is 481 Å². The van der Waals surface area contributed by atoms with Crippen LogP contribution in [0.15, 0.2) is 60.8 Å². The predicted octanol–water partition coefficient (Wildman–Crippen LogP) is 10.2. The molecule has 0 radical (unpaired) electrons. The molecule has 78 heavy (non-hydrogen) atoms. The summed E-state index contributed by atoms with van der Waals surface area (Å²) in [6.07, 6.45) is 0.459. The van der Waals surface area contributed by atoms with E-state index in [2.05, 4.69) is 109 Å². The molecule has 0 fully saturated rings. The van der Waals surface area contributed by atoms with E-state index in [1.807, 2.05) is 40.8 Å². The summed E-state index contributed by atoms with van der Waals surface area (Å²) in [6, 6.07) is 0. The molecule has 0 saturated heterocycles. The molecule has 0 heterocycles. The van der Waals surface area contributed by atoms with Gasteiger partial charge in [-0.3, -0.25) is 0 Å². The van der Waals surface area contributed by atoms with Crippen LogP contribution in [0.4, 0.5) is 0 Å². The van der Waals surface area contributed by atoms with E-state index in [0.717, 1.165) is 0 Å². The molecule has 0 saturated carbocycles. The average molecular weight is 1300 g/mol. The molecular formula is C50H106GeO20Si7. The number of carbonyl (C=O) groups excluding carboxylic acids is 5. The van der Waals surface area contributed by atoms with Crippen LogP contribution in [-0.4, -0.2) is 181 Å². The van der Waals surface area contributed by atoms with Crippen LogP contribution in [0.3, 0.4) is 0 Å². The van der Waals surface area contributed by atoms with E-state index >= 15 is 0 Å². The fourth-order valence-electron chi connectivity index (χ4n) is 4.92. The molecule has 0 spiro atoms. The van der Waals surface area contributed by atoms with Crippen molar-refractivity contribution in [2.24, 2.45) is 0 Å². The van der Waals surface area contributed by atoms with Gasteiger partial charge in [0.25, 0.3) is 0 Å². The zero-order valence-corrected chi connectivity index (χ0v) is 62.2. The van der Waals surface area contributed by atoms with E-state index in [-0.39, 0.29) is 30.6 Å². The van der Waals surface area contributed by atoms with Gasteiger partial charge in [0, 0.05) is 70.0 Å². The fraction of sp³-hybridized carbons (Fsp3) is 0.700. The molecule has 0 N–H and O–H groups in total. The Bertz CT molecular complexity index is 1800. The Morgan fingerprint density at radius 3 is 0.808 bits per heavy atom. The monoisotopic (exact) mass is 1300 g/mol. The molecule has 0 aliphatic rings. The molecule has 0 aliphatic heterocycles. The van der Waals surface area contributed by atoms with Crippen molar-refractivity contribution in [1.82, 2.24) is 0 Å². The molecule has 0 aromatic carbocycles. The Hall–Kier alpha value is -2.29. The molecule has 0 atom stereocenters. The summed E-state index contributed by atoms with van der Waals surface area (Å²) in [5.74, 6) is 4.64. The summed E-state index contributed by atoms with van der Waals surface area (Å²) in [5, 5.41) is 0. The third-order valence-corrected chi connectivity index (χ3v) is 28.7. The van der Waals surface area contributed by atoms with Gasteiger partial charge in [-0.2, -0.15) is 0 Å². The van der Waals surface area contributed by atoms with Crippen molar-refractivity contribution in [3.63, 3.8) is 0 Å². The van der Waals surface area contributed by atoms with E-state index in [1.54, 1.807) is 34.6 Å². The zero-order valence-electron chi connectivity index (χ0n) is 53.1. The van der Waals surface area contributed by atoms with Crippen LogP contribution in [0.5, 0.6) is 0 Å². The summed E-state index contributed by atoms with van der Waals surface area (Å²) in [6.45, 7) is 58.1. The van der Waals surface area contributed by atoms with Gasteiger partial charge >= 0.3 is 121 Å². The fourth-order valence-corrected chi connectivity index (χ4v) is 24.6. The summed E-state index contributed by atoms with van der Waals surface area (Å²) in [4.78, 5) is 56.2. The number of rotatable bonds is 32. The summed E-state index contributed by atoms with van der Waals surface area (Å²) < 4.78 is 81.9. The van der Waals surface area contributed by atoms with Gasteiger partial charge in [0.15, 0.2) is 43.6 Å². The first-order valence-electron chi connectivity index (χ1n) is 25.6. The predicted molar refractivity (Wildman–Crippen MR) is 328 cm³/mol. The van der Waals surface area contributed by atoms with Crippen molar-refractivity contribution in [3.8, 4) is 0 Å².